The van der Waals surface area contributed by atoms with E-state index < -0.39 is 0 Å². The lowest BCUT2D eigenvalue weighted by atomic mass is 9.96. The minimum absolute atomic E-state index is 0.0518. The van der Waals surface area contributed by atoms with Gasteiger partial charge in [0.25, 0.3) is 5.91 Å². The van der Waals surface area contributed by atoms with Crippen molar-refractivity contribution >= 4 is 23.4 Å². The summed E-state index contributed by atoms with van der Waals surface area (Å²) in [6, 6.07) is 5.29. The number of benzene rings is 1. The third kappa shape index (κ3) is 5.42. The van der Waals surface area contributed by atoms with Crippen LogP contribution in [0.2, 0.25) is 0 Å². The van der Waals surface area contributed by atoms with E-state index in [9.17, 15) is 14.4 Å². The summed E-state index contributed by atoms with van der Waals surface area (Å²) in [5.74, 6) is -0.519. The molecule has 6 nitrogen and oxygen atoms in total. The van der Waals surface area contributed by atoms with Gasteiger partial charge in [0, 0.05) is 36.3 Å². The van der Waals surface area contributed by atoms with E-state index in [0.29, 0.717) is 37.2 Å². The van der Waals surface area contributed by atoms with Crippen LogP contribution in [0.3, 0.4) is 0 Å². The maximum absolute atomic E-state index is 12.7. The van der Waals surface area contributed by atoms with Crippen LogP contribution in [0.1, 0.15) is 49.5 Å². The third-order valence-electron chi connectivity index (χ3n) is 4.55. The van der Waals surface area contributed by atoms with E-state index in [0.717, 1.165) is 5.56 Å². The van der Waals surface area contributed by atoms with Crippen LogP contribution in [-0.4, -0.2) is 41.2 Å². The monoisotopic (exact) mass is 371 g/mol. The zero-order valence-electron chi connectivity index (χ0n) is 16.6. The fourth-order valence-electron chi connectivity index (χ4n) is 3.12. The molecule has 3 amide bonds. The quantitative estimate of drug-likeness (QED) is 0.781. The Morgan fingerprint density at radius 3 is 2.67 bits per heavy atom. The summed E-state index contributed by atoms with van der Waals surface area (Å²) in [6.07, 6.45) is 2.56. The van der Waals surface area contributed by atoms with E-state index in [2.05, 4.69) is 17.2 Å². The summed E-state index contributed by atoms with van der Waals surface area (Å²) in [5, 5.41) is 5.87. The number of nitrogens with one attached hydrogen (secondary N) is 2. The summed E-state index contributed by atoms with van der Waals surface area (Å²) in [7, 11) is 0. The van der Waals surface area contributed by atoms with Gasteiger partial charge in [-0.3, -0.25) is 14.4 Å². The normalized spacial score (nSPS) is 17.4. The molecule has 0 bridgehead atoms. The second-order valence-electron chi connectivity index (χ2n) is 7.99. The van der Waals surface area contributed by atoms with E-state index in [1.807, 2.05) is 27.7 Å². The Morgan fingerprint density at radius 1 is 1.33 bits per heavy atom. The van der Waals surface area contributed by atoms with E-state index >= 15 is 0 Å². The van der Waals surface area contributed by atoms with Gasteiger partial charge in [-0.25, -0.2) is 0 Å². The molecule has 6 heteroatoms. The van der Waals surface area contributed by atoms with Crippen LogP contribution in [0.5, 0.6) is 0 Å². The van der Waals surface area contributed by atoms with Crippen LogP contribution < -0.4 is 10.6 Å². The van der Waals surface area contributed by atoms with Crippen molar-refractivity contribution in [3.05, 3.63) is 42.0 Å². The maximum atomic E-state index is 12.7. The first kappa shape index (κ1) is 20.7. The van der Waals surface area contributed by atoms with Crippen molar-refractivity contribution in [2.45, 2.75) is 46.1 Å². The zero-order chi connectivity index (χ0) is 20.2. The number of rotatable bonds is 5. The lowest BCUT2D eigenvalue weighted by Crippen LogP contribution is -2.44. The van der Waals surface area contributed by atoms with Gasteiger partial charge in [-0.15, -0.1) is 6.58 Å². The molecule has 2 N–H and O–H groups in total. The van der Waals surface area contributed by atoms with Gasteiger partial charge in [-0.2, -0.15) is 0 Å². The van der Waals surface area contributed by atoms with Crippen molar-refractivity contribution in [3.8, 4) is 0 Å². The van der Waals surface area contributed by atoms with E-state index in [4.69, 9.17) is 0 Å². The Kier molecular flexibility index (Phi) is 6.41. The molecule has 0 spiro atoms. The van der Waals surface area contributed by atoms with Gasteiger partial charge in [0.2, 0.25) is 11.8 Å². The Balaban J connectivity index is 2.12. The molecule has 27 heavy (non-hydrogen) atoms. The summed E-state index contributed by atoms with van der Waals surface area (Å²) in [4.78, 5) is 38.8. The van der Waals surface area contributed by atoms with E-state index in [1.54, 1.807) is 29.2 Å². The largest absolute Gasteiger partial charge is 0.347 e. The SMILES string of the molecule is C=CCN1C[C@@H](C(=O)Nc2cccc(C(=O)NC(C)(C)C)c2C)CCC1=O. The fourth-order valence-corrected chi connectivity index (χ4v) is 3.12. The predicted molar refractivity (Wildman–Crippen MR) is 107 cm³/mol. The highest BCUT2D eigenvalue weighted by Crippen LogP contribution is 2.23. The van der Waals surface area contributed by atoms with Gasteiger partial charge in [0.05, 0.1) is 5.92 Å². The Bertz CT molecular complexity index is 750. The predicted octanol–water partition coefficient (Wildman–Crippen LogP) is 2.89. The zero-order valence-corrected chi connectivity index (χ0v) is 16.6. The smallest absolute Gasteiger partial charge is 0.252 e. The highest BCUT2D eigenvalue weighted by Gasteiger charge is 2.30. The second-order valence-corrected chi connectivity index (χ2v) is 7.99. The first-order chi connectivity index (χ1) is 12.6. The topological polar surface area (TPSA) is 78.5 Å². The van der Waals surface area contributed by atoms with Crippen LogP contribution in [-0.2, 0) is 9.59 Å². The van der Waals surface area contributed by atoms with Crippen molar-refractivity contribution in [2.75, 3.05) is 18.4 Å². The number of likely N-dealkylation sites (tertiary alicyclic amines) is 1. The number of hydrogen-bond acceptors (Lipinski definition) is 3. The molecule has 0 aliphatic carbocycles. The van der Waals surface area contributed by atoms with Gasteiger partial charge in [-0.05, 0) is 51.8 Å². The molecule has 1 saturated heterocycles. The molecule has 146 valence electrons. The first-order valence-electron chi connectivity index (χ1n) is 9.24. The summed E-state index contributed by atoms with van der Waals surface area (Å²) in [6.45, 7) is 12.1. The second kappa shape index (κ2) is 8.37. The molecule has 1 heterocycles. The molecule has 1 aromatic carbocycles. The number of piperidine rings is 1. The number of amides is 3. The van der Waals surface area contributed by atoms with Crippen LogP contribution in [0.15, 0.2) is 30.9 Å². The van der Waals surface area contributed by atoms with Crippen molar-refractivity contribution < 1.29 is 14.4 Å². The van der Waals surface area contributed by atoms with Crippen LogP contribution >= 0.6 is 0 Å². The van der Waals surface area contributed by atoms with Gasteiger partial charge in [0.1, 0.15) is 0 Å². The van der Waals surface area contributed by atoms with Crippen LogP contribution in [0.4, 0.5) is 5.69 Å². The van der Waals surface area contributed by atoms with Gasteiger partial charge in [0.15, 0.2) is 0 Å². The van der Waals surface area contributed by atoms with E-state index in [1.165, 1.54) is 0 Å². The molecule has 1 atom stereocenters. The molecule has 0 radical (unpaired) electrons. The van der Waals surface area contributed by atoms with Crippen molar-refractivity contribution in [1.29, 1.82) is 0 Å². The van der Waals surface area contributed by atoms with Crippen molar-refractivity contribution in [2.24, 2.45) is 5.92 Å². The lowest BCUT2D eigenvalue weighted by molar-refractivity contribution is -0.136. The Hall–Kier alpha value is -2.63. The Labute approximate surface area is 161 Å². The number of carbonyl (C=O) groups excluding carboxylic acids is 3. The summed E-state index contributed by atoms with van der Waals surface area (Å²) in [5.41, 5.74) is 1.54. The van der Waals surface area contributed by atoms with Gasteiger partial charge >= 0.3 is 0 Å². The minimum atomic E-state index is -0.341. The molecule has 0 aromatic heterocycles. The average Bonchev–Trinajstić information content (AvgIpc) is 2.57. The van der Waals surface area contributed by atoms with Gasteiger partial charge in [-0.1, -0.05) is 12.1 Å². The van der Waals surface area contributed by atoms with Crippen molar-refractivity contribution in [1.82, 2.24) is 10.2 Å². The number of hydrogen-bond donors (Lipinski definition) is 2. The minimum Gasteiger partial charge on any atom is -0.347 e. The fraction of sp³-hybridized carbons (Fsp3) is 0.476. The first-order valence-corrected chi connectivity index (χ1v) is 9.24. The molecular formula is C21H29N3O3. The molecular weight excluding hydrogens is 342 g/mol. The highest BCUT2D eigenvalue weighted by molar-refractivity contribution is 6.00. The molecule has 1 aliphatic heterocycles. The molecule has 2 rings (SSSR count). The van der Waals surface area contributed by atoms with E-state index in [-0.39, 0.29) is 29.2 Å². The highest BCUT2D eigenvalue weighted by atomic mass is 16.2. The molecule has 1 aliphatic rings. The average molecular weight is 371 g/mol. The molecule has 1 fully saturated rings. The molecule has 0 unspecified atom stereocenters. The van der Waals surface area contributed by atoms with Crippen LogP contribution in [0.25, 0.3) is 0 Å². The Morgan fingerprint density at radius 2 is 2.04 bits per heavy atom. The third-order valence-corrected chi connectivity index (χ3v) is 4.55. The standard InChI is InChI=1S/C21H29N3O3/c1-6-12-24-13-15(10-11-18(24)25)19(26)22-17-9-7-8-16(14(17)2)20(27)23-21(3,4)5/h6-9,15H,1,10-13H2,2-5H3,(H,22,26)(H,23,27)/t15-/m0/s1. The molecule has 0 saturated carbocycles. The number of carbonyl (C=O) groups is 3. The van der Waals surface area contributed by atoms with Crippen LogP contribution in [0, 0.1) is 12.8 Å². The molecule has 1 aromatic rings. The van der Waals surface area contributed by atoms with Crippen molar-refractivity contribution in [3.63, 3.8) is 0 Å². The number of anilines is 1. The summed E-state index contributed by atoms with van der Waals surface area (Å²) >= 11 is 0. The van der Waals surface area contributed by atoms with Gasteiger partial charge < -0.3 is 15.5 Å². The summed E-state index contributed by atoms with van der Waals surface area (Å²) < 4.78 is 0. The lowest BCUT2D eigenvalue weighted by Gasteiger charge is -2.31. The number of nitrogens with zero attached hydrogens (tertiary/aromatic N) is 1. The maximum Gasteiger partial charge on any atom is 0.252 e.